The van der Waals surface area contributed by atoms with Gasteiger partial charge < -0.3 is 10.3 Å². The zero-order valence-electron chi connectivity index (χ0n) is 14.1. The molecule has 2 aromatic heterocycles. The molecule has 1 aliphatic carbocycles. The fraction of sp³-hybridized carbons (Fsp3) is 0.368. The Labute approximate surface area is 161 Å². The van der Waals surface area contributed by atoms with Crippen molar-refractivity contribution in [2.45, 2.75) is 44.2 Å². The third kappa shape index (κ3) is 4.00. The number of nitrogens with zero attached hydrogens (tertiary/aromatic N) is 2. The van der Waals surface area contributed by atoms with Gasteiger partial charge >= 0.3 is 0 Å². The van der Waals surface area contributed by atoms with Crippen LogP contribution >= 0.6 is 23.2 Å². The molecule has 26 heavy (non-hydrogen) atoms. The summed E-state index contributed by atoms with van der Waals surface area (Å²) in [5, 5.41) is 4.90. The van der Waals surface area contributed by atoms with Crippen LogP contribution in [0.4, 0.5) is 4.39 Å². The molecule has 7 heteroatoms. The van der Waals surface area contributed by atoms with Gasteiger partial charge in [0.15, 0.2) is 5.65 Å². The Morgan fingerprint density at radius 2 is 1.92 bits per heavy atom. The second kappa shape index (κ2) is 7.51. The highest BCUT2D eigenvalue weighted by Gasteiger charge is 2.25. The Kier molecular flexibility index (Phi) is 5.11. The number of hydrogen-bond acceptors (Lipinski definition) is 3. The maximum atomic E-state index is 13.3. The average Bonchev–Trinajstić information content (AvgIpc) is 3.03. The predicted octanol–water partition coefficient (Wildman–Crippen LogP) is 5.22. The van der Waals surface area contributed by atoms with Gasteiger partial charge in [0.05, 0.1) is 5.52 Å². The molecule has 4 rings (SSSR count). The number of aromatic amines is 1. The summed E-state index contributed by atoms with van der Waals surface area (Å²) < 4.78 is 13.3. The van der Waals surface area contributed by atoms with E-state index in [2.05, 4.69) is 20.3 Å². The largest absolute Gasteiger partial charge is 0.340 e. The second-order valence-electron chi connectivity index (χ2n) is 6.85. The van der Waals surface area contributed by atoms with E-state index in [1.54, 1.807) is 12.1 Å². The van der Waals surface area contributed by atoms with Gasteiger partial charge in [0.1, 0.15) is 5.82 Å². The van der Waals surface area contributed by atoms with Crippen molar-refractivity contribution in [2.75, 3.05) is 0 Å². The van der Waals surface area contributed by atoms with Crippen molar-refractivity contribution in [2.24, 2.45) is 0 Å². The van der Waals surface area contributed by atoms with Crippen LogP contribution in [0.1, 0.15) is 43.0 Å². The first-order valence-corrected chi connectivity index (χ1v) is 9.53. The fourth-order valence-electron chi connectivity index (χ4n) is 3.68. The molecule has 136 valence electrons. The van der Waals surface area contributed by atoms with Crippen LogP contribution in [0, 0.1) is 5.95 Å². The first-order chi connectivity index (χ1) is 12.6. The van der Waals surface area contributed by atoms with E-state index in [1.807, 2.05) is 12.1 Å². The number of nitrogens with one attached hydrogen (secondary N) is 2. The first kappa shape index (κ1) is 17.7. The summed E-state index contributed by atoms with van der Waals surface area (Å²) >= 11 is 12.1. The maximum absolute atomic E-state index is 13.3. The molecule has 0 amide bonds. The molecule has 1 fully saturated rings. The SMILES string of the molecule is Fc1ccc2[nH]c([C@H]3CCC[C@@H](NCc4cc(Cl)cc(Cl)c4)C3)nc2n1. The van der Waals surface area contributed by atoms with Gasteiger partial charge in [-0.3, -0.25) is 0 Å². The minimum atomic E-state index is -0.501. The molecular weight excluding hydrogens is 374 g/mol. The highest BCUT2D eigenvalue weighted by molar-refractivity contribution is 6.34. The molecule has 2 N–H and O–H groups in total. The monoisotopic (exact) mass is 392 g/mol. The lowest BCUT2D eigenvalue weighted by atomic mass is 9.85. The number of aromatic nitrogens is 3. The number of H-pyrrole nitrogens is 1. The Balaban J connectivity index is 1.43. The molecule has 0 bridgehead atoms. The molecule has 2 heterocycles. The lowest BCUT2D eigenvalue weighted by Gasteiger charge is -2.29. The molecule has 0 unspecified atom stereocenters. The summed E-state index contributed by atoms with van der Waals surface area (Å²) in [6.45, 7) is 0.727. The smallest absolute Gasteiger partial charge is 0.215 e. The molecule has 1 aromatic carbocycles. The molecule has 3 aromatic rings. The number of hydrogen-bond donors (Lipinski definition) is 2. The van der Waals surface area contributed by atoms with Crippen LogP contribution < -0.4 is 5.32 Å². The molecular formula is C19H19Cl2FN4. The van der Waals surface area contributed by atoms with Crippen molar-refractivity contribution in [3.05, 3.63) is 57.7 Å². The van der Waals surface area contributed by atoms with E-state index in [1.165, 1.54) is 6.07 Å². The Bertz CT molecular complexity index is 907. The van der Waals surface area contributed by atoms with Crippen molar-refractivity contribution in [1.29, 1.82) is 0 Å². The minimum Gasteiger partial charge on any atom is -0.340 e. The number of imidazole rings is 1. The maximum Gasteiger partial charge on any atom is 0.215 e. The van der Waals surface area contributed by atoms with E-state index in [-0.39, 0.29) is 0 Å². The molecule has 0 aliphatic heterocycles. The minimum absolute atomic E-state index is 0.321. The lowest BCUT2D eigenvalue weighted by molar-refractivity contribution is 0.332. The third-order valence-corrected chi connectivity index (χ3v) is 5.34. The molecule has 1 saturated carbocycles. The van der Waals surface area contributed by atoms with E-state index in [0.717, 1.165) is 49.1 Å². The number of pyridine rings is 1. The molecule has 2 atom stereocenters. The summed E-state index contributed by atoms with van der Waals surface area (Å²) in [6.07, 6.45) is 4.30. The second-order valence-corrected chi connectivity index (χ2v) is 7.72. The van der Waals surface area contributed by atoms with Crippen LogP contribution in [0.25, 0.3) is 11.2 Å². The summed E-state index contributed by atoms with van der Waals surface area (Å²) in [7, 11) is 0. The Hall–Kier alpha value is -1.69. The lowest BCUT2D eigenvalue weighted by Crippen LogP contribution is -2.33. The van der Waals surface area contributed by atoms with Crippen LogP contribution in [0.3, 0.4) is 0 Å². The van der Waals surface area contributed by atoms with Crippen LogP contribution in [0.2, 0.25) is 10.0 Å². The number of fused-ring (bicyclic) bond motifs is 1. The van der Waals surface area contributed by atoms with Gasteiger partial charge in [-0.15, -0.1) is 0 Å². The van der Waals surface area contributed by atoms with Crippen molar-refractivity contribution in [3.8, 4) is 0 Å². The van der Waals surface area contributed by atoms with Crippen LogP contribution in [-0.4, -0.2) is 21.0 Å². The molecule has 0 spiro atoms. The molecule has 0 radical (unpaired) electrons. The third-order valence-electron chi connectivity index (χ3n) is 4.91. The average molecular weight is 393 g/mol. The predicted molar refractivity (Wildman–Crippen MR) is 102 cm³/mol. The quantitative estimate of drug-likeness (QED) is 0.598. The van der Waals surface area contributed by atoms with Gasteiger partial charge in [-0.05, 0) is 55.2 Å². The van der Waals surface area contributed by atoms with Crippen molar-refractivity contribution < 1.29 is 4.39 Å². The van der Waals surface area contributed by atoms with E-state index >= 15 is 0 Å². The standard InChI is InChI=1S/C19H19Cl2FN4/c20-13-6-11(7-14(21)9-13)10-23-15-3-1-2-12(8-15)18-24-16-4-5-17(22)25-19(16)26-18/h4-7,9,12,15,23H,1-3,8,10H2,(H,24,25,26)/t12-,15+/m0/s1. The van der Waals surface area contributed by atoms with Gasteiger partial charge in [0, 0.05) is 28.5 Å². The highest BCUT2D eigenvalue weighted by Crippen LogP contribution is 2.32. The van der Waals surface area contributed by atoms with Crippen LogP contribution in [0.5, 0.6) is 0 Å². The number of halogens is 3. The van der Waals surface area contributed by atoms with Crippen LogP contribution in [-0.2, 0) is 6.54 Å². The Morgan fingerprint density at radius 1 is 1.12 bits per heavy atom. The number of benzene rings is 1. The molecule has 0 saturated heterocycles. The van der Waals surface area contributed by atoms with E-state index in [4.69, 9.17) is 23.2 Å². The van der Waals surface area contributed by atoms with E-state index in [9.17, 15) is 4.39 Å². The fourth-order valence-corrected chi connectivity index (χ4v) is 4.25. The van der Waals surface area contributed by atoms with Crippen molar-refractivity contribution in [1.82, 2.24) is 20.3 Å². The first-order valence-electron chi connectivity index (χ1n) is 8.77. The van der Waals surface area contributed by atoms with Gasteiger partial charge in [-0.1, -0.05) is 29.6 Å². The zero-order chi connectivity index (χ0) is 18.1. The van der Waals surface area contributed by atoms with Gasteiger partial charge in [-0.25, -0.2) is 4.98 Å². The zero-order valence-corrected chi connectivity index (χ0v) is 15.6. The highest BCUT2D eigenvalue weighted by atomic mass is 35.5. The Morgan fingerprint density at radius 3 is 2.73 bits per heavy atom. The van der Waals surface area contributed by atoms with Gasteiger partial charge in [0.25, 0.3) is 0 Å². The van der Waals surface area contributed by atoms with E-state index < -0.39 is 5.95 Å². The summed E-state index contributed by atoms with van der Waals surface area (Å²) in [5.41, 5.74) is 2.31. The van der Waals surface area contributed by atoms with Gasteiger partial charge in [-0.2, -0.15) is 9.37 Å². The van der Waals surface area contributed by atoms with Gasteiger partial charge in [0.2, 0.25) is 5.95 Å². The number of rotatable bonds is 4. The summed E-state index contributed by atoms with van der Waals surface area (Å²) in [5.74, 6) is 0.718. The van der Waals surface area contributed by atoms with Crippen molar-refractivity contribution >= 4 is 34.4 Å². The normalized spacial score (nSPS) is 20.6. The summed E-state index contributed by atoms with van der Waals surface area (Å²) in [4.78, 5) is 11.7. The topological polar surface area (TPSA) is 53.6 Å². The summed E-state index contributed by atoms with van der Waals surface area (Å²) in [6, 6.07) is 9.04. The van der Waals surface area contributed by atoms with E-state index in [0.29, 0.717) is 27.7 Å². The molecule has 1 aliphatic rings. The van der Waals surface area contributed by atoms with Crippen molar-refractivity contribution in [3.63, 3.8) is 0 Å². The van der Waals surface area contributed by atoms with Crippen LogP contribution in [0.15, 0.2) is 30.3 Å². The molecule has 4 nitrogen and oxygen atoms in total.